The van der Waals surface area contributed by atoms with Crippen LogP contribution < -0.4 is 0 Å². The van der Waals surface area contributed by atoms with E-state index in [-0.39, 0.29) is 11.9 Å². The second kappa shape index (κ2) is 6.02. The Morgan fingerprint density at radius 3 is 2.79 bits per heavy atom. The van der Waals surface area contributed by atoms with E-state index in [0.29, 0.717) is 17.7 Å². The highest BCUT2D eigenvalue weighted by Crippen LogP contribution is 2.35. The Hall–Kier alpha value is -2.21. The first-order valence-electron chi connectivity index (χ1n) is 8.42. The molecule has 2 aromatic heterocycles. The molecule has 6 heteroatoms. The molecule has 24 heavy (non-hydrogen) atoms. The summed E-state index contributed by atoms with van der Waals surface area (Å²) in [6.07, 6.45) is 4.18. The van der Waals surface area contributed by atoms with Crippen molar-refractivity contribution in [2.75, 3.05) is 13.1 Å². The van der Waals surface area contributed by atoms with Crippen LogP contribution in [0.1, 0.15) is 49.1 Å². The van der Waals surface area contributed by atoms with Crippen molar-refractivity contribution in [1.29, 1.82) is 0 Å². The standard InChI is InChI=1S/C18H21FN4O/c1-11(18-22-21-12(2)24-18)23-7-5-13(6-8-23)16-10-20-17-9-14(19)3-4-15(16)17/h3-4,9-11,13,20H,5-8H2,1-2H3. The Kier molecular flexibility index (Phi) is 3.84. The molecule has 126 valence electrons. The maximum Gasteiger partial charge on any atom is 0.233 e. The number of fused-ring (bicyclic) bond motifs is 1. The van der Waals surface area contributed by atoms with Crippen LogP contribution in [0.25, 0.3) is 10.9 Å². The molecular weight excluding hydrogens is 307 g/mol. The van der Waals surface area contributed by atoms with Crippen LogP contribution in [-0.2, 0) is 0 Å². The van der Waals surface area contributed by atoms with Crippen molar-refractivity contribution < 1.29 is 8.81 Å². The van der Waals surface area contributed by atoms with Crippen molar-refractivity contribution in [3.63, 3.8) is 0 Å². The molecule has 1 fully saturated rings. The third-order valence-corrected chi connectivity index (χ3v) is 5.09. The monoisotopic (exact) mass is 328 g/mol. The van der Waals surface area contributed by atoms with Crippen LogP contribution in [0.4, 0.5) is 4.39 Å². The van der Waals surface area contributed by atoms with Gasteiger partial charge in [-0.3, -0.25) is 4.90 Å². The number of H-pyrrole nitrogens is 1. The van der Waals surface area contributed by atoms with E-state index in [9.17, 15) is 4.39 Å². The van der Waals surface area contributed by atoms with Crippen molar-refractivity contribution in [3.8, 4) is 0 Å². The quantitative estimate of drug-likeness (QED) is 0.791. The maximum absolute atomic E-state index is 13.3. The Morgan fingerprint density at radius 2 is 2.08 bits per heavy atom. The van der Waals surface area contributed by atoms with Crippen LogP contribution in [0, 0.1) is 12.7 Å². The molecule has 1 aliphatic rings. The molecule has 0 radical (unpaired) electrons. The van der Waals surface area contributed by atoms with E-state index in [1.54, 1.807) is 6.07 Å². The lowest BCUT2D eigenvalue weighted by Crippen LogP contribution is -2.35. The third kappa shape index (κ3) is 2.71. The average Bonchev–Trinajstić information content (AvgIpc) is 3.20. The SMILES string of the molecule is Cc1nnc(C(C)N2CCC(c3c[nH]c4cc(F)ccc34)CC2)o1. The first-order chi connectivity index (χ1) is 11.6. The molecule has 3 aromatic rings. The van der Waals surface area contributed by atoms with Gasteiger partial charge in [0.1, 0.15) is 5.82 Å². The molecule has 1 atom stereocenters. The van der Waals surface area contributed by atoms with Gasteiger partial charge in [-0.2, -0.15) is 0 Å². The molecule has 3 heterocycles. The number of aromatic nitrogens is 3. The van der Waals surface area contributed by atoms with Gasteiger partial charge in [0.25, 0.3) is 0 Å². The molecule has 1 saturated heterocycles. The minimum Gasteiger partial charge on any atom is -0.424 e. The highest BCUT2D eigenvalue weighted by Gasteiger charge is 2.28. The predicted molar refractivity (Wildman–Crippen MR) is 89.3 cm³/mol. The lowest BCUT2D eigenvalue weighted by Gasteiger charge is -2.34. The van der Waals surface area contributed by atoms with Crippen molar-refractivity contribution in [2.24, 2.45) is 0 Å². The normalized spacial score (nSPS) is 18.3. The number of rotatable bonds is 3. The molecule has 0 amide bonds. The number of halogens is 1. The van der Waals surface area contributed by atoms with Crippen LogP contribution in [0.15, 0.2) is 28.8 Å². The largest absolute Gasteiger partial charge is 0.424 e. The zero-order valence-electron chi connectivity index (χ0n) is 13.9. The van der Waals surface area contributed by atoms with Gasteiger partial charge in [0.05, 0.1) is 6.04 Å². The van der Waals surface area contributed by atoms with Crippen LogP contribution >= 0.6 is 0 Å². The first kappa shape index (κ1) is 15.3. The zero-order valence-corrected chi connectivity index (χ0v) is 13.9. The van der Waals surface area contributed by atoms with E-state index in [0.717, 1.165) is 36.8 Å². The van der Waals surface area contributed by atoms with Crippen LogP contribution in [0.3, 0.4) is 0 Å². The van der Waals surface area contributed by atoms with E-state index in [1.165, 1.54) is 11.6 Å². The van der Waals surface area contributed by atoms with Gasteiger partial charge in [-0.15, -0.1) is 10.2 Å². The molecule has 5 nitrogen and oxygen atoms in total. The fourth-order valence-corrected chi connectivity index (χ4v) is 3.69. The summed E-state index contributed by atoms with van der Waals surface area (Å²) in [7, 11) is 0. The van der Waals surface area contributed by atoms with Gasteiger partial charge in [0.15, 0.2) is 0 Å². The van der Waals surface area contributed by atoms with Crippen LogP contribution in [-0.4, -0.2) is 33.2 Å². The van der Waals surface area contributed by atoms with Gasteiger partial charge in [-0.25, -0.2) is 4.39 Å². The number of benzene rings is 1. The van der Waals surface area contributed by atoms with Gasteiger partial charge in [0.2, 0.25) is 11.8 Å². The van der Waals surface area contributed by atoms with Crippen molar-refractivity contribution in [1.82, 2.24) is 20.1 Å². The lowest BCUT2D eigenvalue weighted by molar-refractivity contribution is 0.142. The van der Waals surface area contributed by atoms with E-state index < -0.39 is 0 Å². The van der Waals surface area contributed by atoms with Crippen LogP contribution in [0.2, 0.25) is 0 Å². The fourth-order valence-electron chi connectivity index (χ4n) is 3.69. The van der Waals surface area contributed by atoms with E-state index in [1.807, 2.05) is 19.2 Å². The number of nitrogens with zero attached hydrogens (tertiary/aromatic N) is 3. The summed E-state index contributed by atoms with van der Waals surface area (Å²) in [6, 6.07) is 5.12. The van der Waals surface area contributed by atoms with Gasteiger partial charge >= 0.3 is 0 Å². The molecule has 0 aliphatic carbocycles. The number of nitrogens with one attached hydrogen (secondary N) is 1. The van der Waals surface area contributed by atoms with Gasteiger partial charge in [0, 0.05) is 24.0 Å². The van der Waals surface area contributed by atoms with Crippen molar-refractivity contribution in [3.05, 3.63) is 47.6 Å². The second-order valence-electron chi connectivity index (χ2n) is 6.58. The molecule has 1 unspecified atom stereocenters. The minimum absolute atomic E-state index is 0.143. The third-order valence-electron chi connectivity index (χ3n) is 5.09. The molecule has 1 aliphatic heterocycles. The average molecular weight is 328 g/mol. The molecule has 1 N–H and O–H groups in total. The second-order valence-corrected chi connectivity index (χ2v) is 6.58. The van der Waals surface area contributed by atoms with E-state index in [4.69, 9.17) is 4.42 Å². The lowest BCUT2D eigenvalue weighted by atomic mass is 9.88. The van der Waals surface area contributed by atoms with Gasteiger partial charge in [-0.1, -0.05) is 0 Å². The van der Waals surface area contributed by atoms with E-state index in [2.05, 4.69) is 27.0 Å². The number of hydrogen-bond donors (Lipinski definition) is 1. The highest BCUT2D eigenvalue weighted by atomic mass is 19.1. The number of piperidine rings is 1. The molecule has 0 saturated carbocycles. The summed E-state index contributed by atoms with van der Waals surface area (Å²) < 4.78 is 18.9. The summed E-state index contributed by atoms with van der Waals surface area (Å²) in [5, 5.41) is 9.20. The predicted octanol–water partition coefficient (Wildman–Crippen LogP) is 3.94. The summed E-state index contributed by atoms with van der Waals surface area (Å²) in [6.45, 7) is 5.90. The smallest absolute Gasteiger partial charge is 0.233 e. The summed E-state index contributed by atoms with van der Waals surface area (Å²) >= 11 is 0. The Bertz CT molecular complexity index is 848. The van der Waals surface area contributed by atoms with Crippen molar-refractivity contribution >= 4 is 10.9 Å². The van der Waals surface area contributed by atoms with Crippen LogP contribution in [0.5, 0.6) is 0 Å². The fraction of sp³-hybridized carbons (Fsp3) is 0.444. The minimum atomic E-state index is -0.200. The summed E-state index contributed by atoms with van der Waals surface area (Å²) in [4.78, 5) is 5.59. The molecule has 4 rings (SSSR count). The Morgan fingerprint density at radius 1 is 1.29 bits per heavy atom. The summed E-state index contributed by atoms with van der Waals surface area (Å²) in [5.74, 6) is 1.60. The Balaban J connectivity index is 1.47. The molecule has 0 spiro atoms. The van der Waals surface area contributed by atoms with E-state index >= 15 is 0 Å². The number of aromatic amines is 1. The first-order valence-corrected chi connectivity index (χ1v) is 8.42. The van der Waals surface area contributed by atoms with Gasteiger partial charge < -0.3 is 9.40 Å². The maximum atomic E-state index is 13.3. The topological polar surface area (TPSA) is 58.0 Å². The Labute approximate surface area is 139 Å². The number of hydrogen-bond acceptors (Lipinski definition) is 4. The molecule has 0 bridgehead atoms. The zero-order chi connectivity index (χ0) is 16.7. The highest BCUT2D eigenvalue weighted by molar-refractivity contribution is 5.83. The molecule has 1 aromatic carbocycles. The molecular formula is C18H21FN4O. The van der Waals surface area contributed by atoms with Gasteiger partial charge in [-0.05, 0) is 62.5 Å². The number of likely N-dealkylation sites (tertiary alicyclic amines) is 1. The van der Waals surface area contributed by atoms with Crippen molar-refractivity contribution in [2.45, 2.75) is 38.6 Å². The number of aryl methyl sites for hydroxylation is 1. The summed E-state index contributed by atoms with van der Waals surface area (Å²) in [5.41, 5.74) is 2.17.